The second-order valence-corrected chi connectivity index (χ2v) is 15.4. The summed E-state index contributed by atoms with van der Waals surface area (Å²) in [5, 5.41) is 5.57. The summed E-state index contributed by atoms with van der Waals surface area (Å²) in [6.45, 7) is 0.931. The molecule has 2 heterocycles. The molecule has 1 fully saturated rings. The summed E-state index contributed by atoms with van der Waals surface area (Å²) in [6.07, 6.45) is 11.9. The number of alkyl carbamates (subject to hydrolysis) is 1. The van der Waals surface area contributed by atoms with Crippen molar-refractivity contribution >= 4 is 28.6 Å². The molecule has 10 rings (SSSR count). The first-order valence-corrected chi connectivity index (χ1v) is 19.9. The number of benzene rings is 6. The van der Waals surface area contributed by atoms with Gasteiger partial charge in [-0.25, -0.2) is 9.78 Å². The molecule has 0 radical (unpaired) electrons. The molecule has 0 saturated carbocycles. The van der Waals surface area contributed by atoms with Crippen molar-refractivity contribution in [2.24, 2.45) is 0 Å². The topological polar surface area (TPSA) is 70.2 Å². The van der Waals surface area contributed by atoms with Crippen LogP contribution in [0.15, 0.2) is 134 Å². The Bertz CT molecular complexity index is 2640. The molecule has 1 aliphatic heterocycles. The highest BCUT2D eigenvalue weighted by atomic mass is 16.5. The van der Waals surface area contributed by atoms with Gasteiger partial charge in [-0.2, -0.15) is 0 Å². The molecule has 3 aliphatic rings. The van der Waals surface area contributed by atoms with Crippen LogP contribution in [0.1, 0.15) is 70.6 Å². The average Bonchev–Trinajstić information content (AvgIpc) is 4.02. The van der Waals surface area contributed by atoms with Gasteiger partial charge in [0.15, 0.2) is 0 Å². The second kappa shape index (κ2) is 14.3. The third-order valence-corrected chi connectivity index (χ3v) is 12.1. The quantitative estimate of drug-likeness (QED) is 0.163. The van der Waals surface area contributed by atoms with E-state index in [1.54, 1.807) is 0 Å². The van der Waals surface area contributed by atoms with Gasteiger partial charge in [0.1, 0.15) is 5.82 Å². The molecule has 1 saturated heterocycles. The van der Waals surface area contributed by atoms with Crippen LogP contribution in [-0.2, 0) is 24.0 Å². The number of ether oxygens (including phenoxy) is 1. The molecule has 0 spiro atoms. The number of aromatic amines is 1. The normalized spacial score (nSPS) is 16.0. The number of allylic oxidation sites excluding steroid dienone is 1. The SMILES string of the molecule is COC(=O)N[C@H](Cc1ccc2c(c1N1CCC[C@H]1c1ncc(-c3ccc4cc(-c5ccc6c(c5)CCC=C6)ccc4c3)[nH]1)Cc1ccccc1-2)c1ccccc1. The third-order valence-electron chi connectivity index (χ3n) is 12.1. The van der Waals surface area contributed by atoms with E-state index in [2.05, 4.69) is 130 Å². The Hall–Kier alpha value is -6.40. The number of imidazole rings is 1. The zero-order chi connectivity index (χ0) is 37.6. The lowest BCUT2D eigenvalue weighted by atomic mass is 9.92. The summed E-state index contributed by atoms with van der Waals surface area (Å²) in [4.78, 5) is 24.1. The molecule has 1 amide bonds. The number of H-pyrrole nitrogens is 1. The van der Waals surface area contributed by atoms with Gasteiger partial charge in [0.25, 0.3) is 0 Å². The fraction of sp³-hybridized carbons (Fsp3) is 0.200. The van der Waals surface area contributed by atoms with Gasteiger partial charge in [0, 0.05) is 24.2 Å². The van der Waals surface area contributed by atoms with Crippen LogP contribution in [0.4, 0.5) is 10.5 Å². The molecular formula is C50H44N4O2. The van der Waals surface area contributed by atoms with Gasteiger partial charge in [-0.15, -0.1) is 0 Å². The van der Waals surface area contributed by atoms with E-state index >= 15 is 0 Å². The molecule has 2 atom stereocenters. The second-order valence-electron chi connectivity index (χ2n) is 15.4. The van der Waals surface area contributed by atoms with E-state index in [-0.39, 0.29) is 12.1 Å². The number of carbonyl (C=O) groups is 1. The lowest BCUT2D eigenvalue weighted by Crippen LogP contribution is -2.31. The van der Waals surface area contributed by atoms with Crippen molar-refractivity contribution in [3.8, 4) is 33.5 Å². The Kier molecular flexibility index (Phi) is 8.74. The van der Waals surface area contributed by atoms with Gasteiger partial charge in [-0.3, -0.25) is 0 Å². The number of carbonyl (C=O) groups excluding carboxylic acids is 1. The summed E-state index contributed by atoms with van der Waals surface area (Å²) in [6, 6.07) is 43.8. The van der Waals surface area contributed by atoms with Gasteiger partial charge in [0.05, 0.1) is 31.1 Å². The fourth-order valence-corrected chi connectivity index (χ4v) is 9.30. The van der Waals surface area contributed by atoms with Crippen LogP contribution in [0.5, 0.6) is 0 Å². The standard InChI is InChI=1S/C50H44N4O2/c1-56-50(55)53-45(33-11-3-2-4-12-33)30-41-23-24-43-42-15-8-7-14-39(42)29-44(43)48(41)54-25-9-16-47(54)49-51-31-46(52-49)40-22-21-37-27-36(19-20-38(37)28-40)35-18-17-32-10-5-6-13-34(32)26-35/h2-5,7-8,10-12,14-15,17-24,26-28,31,45,47H,6,9,13,16,25,29-30H2,1H3,(H,51,52)(H,53,55)/t45-,47+/m1/s1. The molecule has 56 heavy (non-hydrogen) atoms. The minimum absolute atomic E-state index is 0.0941. The average molecular weight is 733 g/mol. The van der Waals surface area contributed by atoms with Crippen molar-refractivity contribution in [2.75, 3.05) is 18.6 Å². The van der Waals surface area contributed by atoms with Crippen molar-refractivity contribution < 1.29 is 9.53 Å². The number of methoxy groups -OCH3 is 1. The minimum atomic E-state index is -0.433. The number of rotatable bonds is 8. The van der Waals surface area contributed by atoms with Crippen molar-refractivity contribution in [1.29, 1.82) is 0 Å². The Morgan fingerprint density at radius 1 is 0.857 bits per heavy atom. The predicted molar refractivity (Wildman–Crippen MR) is 227 cm³/mol. The molecule has 6 nitrogen and oxygen atoms in total. The lowest BCUT2D eigenvalue weighted by molar-refractivity contribution is 0.166. The molecule has 0 bridgehead atoms. The summed E-state index contributed by atoms with van der Waals surface area (Å²) < 4.78 is 5.09. The first-order valence-electron chi connectivity index (χ1n) is 19.9. The molecule has 2 aliphatic carbocycles. The molecular weight excluding hydrogens is 689 g/mol. The van der Waals surface area contributed by atoms with Crippen LogP contribution in [0, 0.1) is 0 Å². The number of aromatic nitrogens is 2. The van der Waals surface area contributed by atoms with E-state index in [0.29, 0.717) is 6.42 Å². The zero-order valence-electron chi connectivity index (χ0n) is 31.6. The van der Waals surface area contributed by atoms with Crippen molar-refractivity contribution in [3.63, 3.8) is 0 Å². The van der Waals surface area contributed by atoms with Gasteiger partial charge < -0.3 is 19.9 Å². The monoisotopic (exact) mass is 732 g/mol. The summed E-state index contributed by atoms with van der Waals surface area (Å²) in [5.74, 6) is 0.988. The molecule has 6 heteroatoms. The highest BCUT2D eigenvalue weighted by Crippen LogP contribution is 2.48. The fourth-order valence-electron chi connectivity index (χ4n) is 9.30. The van der Waals surface area contributed by atoms with E-state index in [1.165, 1.54) is 73.6 Å². The molecule has 7 aromatic rings. The summed E-state index contributed by atoms with van der Waals surface area (Å²) in [7, 11) is 1.42. The van der Waals surface area contributed by atoms with Crippen molar-refractivity contribution in [2.45, 2.75) is 50.6 Å². The summed E-state index contributed by atoms with van der Waals surface area (Å²) in [5.41, 5.74) is 16.3. The maximum absolute atomic E-state index is 12.7. The smallest absolute Gasteiger partial charge is 0.407 e. The van der Waals surface area contributed by atoms with E-state index in [0.717, 1.165) is 61.3 Å². The number of amides is 1. The maximum atomic E-state index is 12.7. The van der Waals surface area contributed by atoms with Crippen LogP contribution >= 0.6 is 0 Å². The molecule has 2 N–H and O–H groups in total. The number of aryl methyl sites for hydroxylation is 1. The third kappa shape index (κ3) is 6.25. The molecule has 276 valence electrons. The Morgan fingerprint density at radius 2 is 1.64 bits per heavy atom. The van der Waals surface area contributed by atoms with Crippen LogP contribution in [0.25, 0.3) is 50.4 Å². The molecule has 6 aromatic carbocycles. The van der Waals surface area contributed by atoms with Crippen molar-refractivity contribution in [3.05, 3.63) is 173 Å². The maximum Gasteiger partial charge on any atom is 0.407 e. The first-order chi connectivity index (χ1) is 27.6. The van der Waals surface area contributed by atoms with Crippen LogP contribution in [-0.4, -0.2) is 29.7 Å². The van der Waals surface area contributed by atoms with Crippen molar-refractivity contribution in [1.82, 2.24) is 15.3 Å². The highest BCUT2D eigenvalue weighted by molar-refractivity contribution is 5.91. The number of hydrogen-bond donors (Lipinski definition) is 2. The number of nitrogens with zero attached hydrogens (tertiary/aromatic N) is 2. The number of anilines is 1. The van der Waals surface area contributed by atoms with E-state index < -0.39 is 6.09 Å². The van der Waals surface area contributed by atoms with E-state index in [9.17, 15) is 4.79 Å². The van der Waals surface area contributed by atoms with Gasteiger partial charge >= 0.3 is 6.09 Å². The number of nitrogens with one attached hydrogen (secondary N) is 2. The number of fused-ring (bicyclic) bond motifs is 5. The Balaban J connectivity index is 0.975. The zero-order valence-corrected chi connectivity index (χ0v) is 31.6. The minimum Gasteiger partial charge on any atom is -0.453 e. The highest BCUT2D eigenvalue weighted by Gasteiger charge is 2.35. The van der Waals surface area contributed by atoms with Gasteiger partial charge in [-0.1, -0.05) is 121 Å². The summed E-state index contributed by atoms with van der Waals surface area (Å²) >= 11 is 0. The van der Waals surface area contributed by atoms with Crippen LogP contribution in [0.2, 0.25) is 0 Å². The number of hydrogen-bond acceptors (Lipinski definition) is 4. The molecule has 1 aromatic heterocycles. The van der Waals surface area contributed by atoms with Gasteiger partial charge in [0.2, 0.25) is 0 Å². The molecule has 0 unspecified atom stereocenters. The van der Waals surface area contributed by atoms with Gasteiger partial charge in [-0.05, 0) is 111 Å². The predicted octanol–water partition coefficient (Wildman–Crippen LogP) is 11.4. The van der Waals surface area contributed by atoms with Crippen LogP contribution in [0.3, 0.4) is 0 Å². The largest absolute Gasteiger partial charge is 0.453 e. The first kappa shape index (κ1) is 34.1. The Morgan fingerprint density at radius 3 is 2.52 bits per heavy atom. The Labute approximate surface area is 327 Å². The van der Waals surface area contributed by atoms with E-state index in [4.69, 9.17) is 9.72 Å². The van der Waals surface area contributed by atoms with Crippen LogP contribution < -0.4 is 10.2 Å². The van der Waals surface area contributed by atoms with E-state index in [1.807, 2.05) is 24.4 Å². The lowest BCUT2D eigenvalue weighted by Gasteiger charge is -2.31.